The largest absolute Gasteiger partial charge is 0.454 e. The minimum Gasteiger partial charge on any atom is -0.454 e. The van der Waals surface area contributed by atoms with E-state index >= 15 is 0 Å². The lowest BCUT2D eigenvalue weighted by atomic mass is 9.92. The lowest BCUT2D eigenvalue weighted by Crippen LogP contribution is -2.46. The number of fused-ring (bicyclic) bond motifs is 1. The molecule has 8 heteroatoms. The standard InChI is InChI=1S/C27H30N4O3S/c1-5-6-7-12-31-18(4)23(24(28-27(31)35)19-9-8-16(2)17(3)13-19)26-29-25(30-34-26)20-10-11-21-22(14-20)33-15-32-21/h8-11,13-14,24H,5-7,12,15H2,1-4H3,(H,28,35). The van der Waals surface area contributed by atoms with Crippen LogP contribution in [0.25, 0.3) is 17.0 Å². The van der Waals surface area contributed by atoms with Gasteiger partial charge in [0.05, 0.1) is 11.6 Å². The van der Waals surface area contributed by atoms with Gasteiger partial charge in [-0.3, -0.25) is 0 Å². The molecule has 3 aromatic rings. The van der Waals surface area contributed by atoms with Crippen LogP contribution in [0, 0.1) is 13.8 Å². The second-order valence-electron chi connectivity index (χ2n) is 9.08. The van der Waals surface area contributed by atoms with Crippen molar-refractivity contribution in [2.45, 2.75) is 53.0 Å². The Hall–Kier alpha value is -3.39. The van der Waals surface area contributed by atoms with Gasteiger partial charge in [-0.15, -0.1) is 0 Å². The Kier molecular flexibility index (Phi) is 6.47. The molecule has 1 aromatic heterocycles. The van der Waals surface area contributed by atoms with Gasteiger partial charge >= 0.3 is 0 Å². The maximum absolute atomic E-state index is 5.86. The average Bonchev–Trinajstić information content (AvgIpc) is 3.52. The fourth-order valence-electron chi connectivity index (χ4n) is 4.53. The molecule has 1 unspecified atom stereocenters. The van der Waals surface area contributed by atoms with E-state index in [1.807, 2.05) is 18.2 Å². The third-order valence-corrected chi connectivity index (χ3v) is 7.07. The monoisotopic (exact) mass is 490 g/mol. The van der Waals surface area contributed by atoms with Gasteiger partial charge in [-0.05, 0) is 74.3 Å². The van der Waals surface area contributed by atoms with Gasteiger partial charge in [0.2, 0.25) is 12.6 Å². The molecule has 2 aliphatic rings. The Bertz CT molecular complexity index is 1300. The Labute approximate surface area is 211 Å². The van der Waals surface area contributed by atoms with Gasteiger partial charge in [0.15, 0.2) is 16.6 Å². The van der Waals surface area contributed by atoms with Gasteiger partial charge in [0.1, 0.15) is 0 Å². The molecule has 2 aromatic carbocycles. The number of thiocarbonyl (C=S) groups is 1. The number of allylic oxidation sites excluding steroid dienone is 1. The highest BCUT2D eigenvalue weighted by Gasteiger charge is 2.34. The lowest BCUT2D eigenvalue weighted by Gasteiger charge is -2.37. The Morgan fingerprint density at radius 3 is 2.66 bits per heavy atom. The number of unbranched alkanes of at least 4 members (excludes halogenated alkanes) is 2. The zero-order valence-electron chi connectivity index (χ0n) is 20.6. The normalized spacial score (nSPS) is 17.2. The first-order valence-corrected chi connectivity index (χ1v) is 12.5. The molecule has 2 aliphatic heterocycles. The first-order valence-electron chi connectivity index (χ1n) is 12.1. The molecule has 7 nitrogen and oxygen atoms in total. The maximum atomic E-state index is 5.86. The summed E-state index contributed by atoms with van der Waals surface area (Å²) in [6.07, 6.45) is 3.36. The van der Waals surface area contributed by atoms with Crippen molar-refractivity contribution in [3.8, 4) is 22.9 Å². The molecular formula is C27H30N4O3S. The Morgan fingerprint density at radius 1 is 1.03 bits per heavy atom. The Balaban J connectivity index is 1.56. The number of aromatic nitrogens is 2. The third-order valence-electron chi connectivity index (χ3n) is 6.73. The van der Waals surface area contributed by atoms with E-state index in [0.717, 1.165) is 59.1 Å². The molecule has 182 valence electrons. The molecule has 0 bridgehead atoms. The highest BCUT2D eigenvalue weighted by atomic mass is 32.1. The molecule has 0 amide bonds. The van der Waals surface area contributed by atoms with Crippen LogP contribution in [0.5, 0.6) is 11.5 Å². The number of aryl methyl sites for hydroxylation is 2. The highest BCUT2D eigenvalue weighted by Crippen LogP contribution is 2.39. The van der Waals surface area contributed by atoms with Crippen LogP contribution in [0.1, 0.15) is 61.7 Å². The molecular weight excluding hydrogens is 460 g/mol. The summed E-state index contributed by atoms with van der Waals surface area (Å²) in [5, 5.41) is 8.58. The molecule has 3 heterocycles. The molecule has 1 N–H and O–H groups in total. The van der Waals surface area contributed by atoms with Crippen LogP contribution in [0.2, 0.25) is 0 Å². The van der Waals surface area contributed by atoms with Crippen LogP contribution in [-0.2, 0) is 0 Å². The smallest absolute Gasteiger partial charge is 0.258 e. The number of rotatable bonds is 7. The van der Waals surface area contributed by atoms with Crippen molar-refractivity contribution in [3.05, 3.63) is 64.7 Å². The second-order valence-corrected chi connectivity index (χ2v) is 9.46. The van der Waals surface area contributed by atoms with Crippen LogP contribution < -0.4 is 14.8 Å². The lowest BCUT2D eigenvalue weighted by molar-refractivity contribution is 0.174. The number of hydrogen-bond donors (Lipinski definition) is 1. The number of benzene rings is 2. The van der Waals surface area contributed by atoms with Crippen LogP contribution in [0.3, 0.4) is 0 Å². The summed E-state index contributed by atoms with van der Waals surface area (Å²) in [5.74, 6) is 2.39. The quantitative estimate of drug-likeness (QED) is 0.322. The van der Waals surface area contributed by atoms with Crippen LogP contribution in [-0.4, -0.2) is 33.5 Å². The molecule has 0 radical (unpaired) electrons. The van der Waals surface area contributed by atoms with Crippen LogP contribution in [0.4, 0.5) is 0 Å². The van der Waals surface area contributed by atoms with Crippen molar-refractivity contribution in [3.63, 3.8) is 0 Å². The molecule has 0 spiro atoms. The van der Waals surface area contributed by atoms with Crippen LogP contribution in [0.15, 0.2) is 46.6 Å². The van der Waals surface area contributed by atoms with Crippen molar-refractivity contribution < 1.29 is 14.0 Å². The summed E-state index contributed by atoms with van der Waals surface area (Å²) in [6.45, 7) is 9.60. The van der Waals surface area contributed by atoms with Crippen molar-refractivity contribution in [1.82, 2.24) is 20.4 Å². The van der Waals surface area contributed by atoms with Crippen molar-refractivity contribution in [2.24, 2.45) is 0 Å². The van der Waals surface area contributed by atoms with Crippen molar-refractivity contribution >= 4 is 22.9 Å². The predicted molar refractivity (Wildman–Crippen MR) is 139 cm³/mol. The van der Waals surface area contributed by atoms with E-state index in [1.54, 1.807) is 0 Å². The van der Waals surface area contributed by atoms with E-state index in [4.69, 9.17) is 31.2 Å². The van der Waals surface area contributed by atoms with Crippen molar-refractivity contribution in [2.75, 3.05) is 13.3 Å². The third kappa shape index (κ3) is 4.50. The SMILES string of the molecule is CCCCCN1C(=S)NC(c2ccc(C)c(C)c2)C(c2nc(-c3ccc4c(c3)OCO4)no2)=C1C. The summed E-state index contributed by atoms with van der Waals surface area (Å²) in [4.78, 5) is 6.96. The van der Waals surface area contributed by atoms with Crippen molar-refractivity contribution in [1.29, 1.82) is 0 Å². The Morgan fingerprint density at radius 2 is 1.86 bits per heavy atom. The maximum Gasteiger partial charge on any atom is 0.258 e. The first-order chi connectivity index (χ1) is 17.0. The summed E-state index contributed by atoms with van der Waals surface area (Å²) in [7, 11) is 0. The molecule has 35 heavy (non-hydrogen) atoms. The number of ether oxygens (including phenoxy) is 2. The van der Waals surface area contributed by atoms with E-state index in [-0.39, 0.29) is 12.8 Å². The van der Waals surface area contributed by atoms with E-state index in [9.17, 15) is 0 Å². The predicted octanol–water partition coefficient (Wildman–Crippen LogP) is 5.93. The average molecular weight is 491 g/mol. The fourth-order valence-corrected chi connectivity index (χ4v) is 4.87. The van der Waals surface area contributed by atoms with Gasteiger partial charge in [-0.2, -0.15) is 4.98 Å². The number of nitrogens with one attached hydrogen (secondary N) is 1. The zero-order valence-corrected chi connectivity index (χ0v) is 21.4. The van der Waals surface area contributed by atoms with E-state index < -0.39 is 0 Å². The van der Waals surface area contributed by atoms with Gasteiger partial charge in [-0.25, -0.2) is 0 Å². The summed E-state index contributed by atoms with van der Waals surface area (Å²) >= 11 is 5.81. The van der Waals surface area contributed by atoms with Gasteiger partial charge < -0.3 is 24.2 Å². The summed E-state index contributed by atoms with van der Waals surface area (Å²) < 4.78 is 16.8. The second kappa shape index (κ2) is 9.70. The first kappa shape index (κ1) is 23.4. The van der Waals surface area contributed by atoms with E-state index in [0.29, 0.717) is 17.5 Å². The fraction of sp³-hybridized carbons (Fsp3) is 0.370. The zero-order chi connectivity index (χ0) is 24.5. The highest BCUT2D eigenvalue weighted by molar-refractivity contribution is 7.80. The van der Waals surface area contributed by atoms with E-state index in [2.05, 4.69) is 61.3 Å². The summed E-state index contributed by atoms with van der Waals surface area (Å²) in [6, 6.07) is 11.9. The number of nitrogens with zero attached hydrogens (tertiary/aromatic N) is 3. The van der Waals surface area contributed by atoms with E-state index in [1.165, 1.54) is 11.1 Å². The minimum absolute atomic E-state index is 0.186. The molecule has 0 aliphatic carbocycles. The molecule has 0 saturated carbocycles. The number of hydrogen-bond acceptors (Lipinski definition) is 6. The minimum atomic E-state index is -0.186. The van der Waals surface area contributed by atoms with Gasteiger partial charge in [-0.1, -0.05) is 43.1 Å². The van der Waals surface area contributed by atoms with Gasteiger partial charge in [0.25, 0.3) is 5.89 Å². The molecule has 0 fully saturated rings. The molecule has 1 atom stereocenters. The molecule has 5 rings (SSSR count). The summed E-state index contributed by atoms with van der Waals surface area (Å²) in [5.41, 5.74) is 6.37. The molecule has 0 saturated heterocycles. The topological polar surface area (TPSA) is 72.7 Å². The van der Waals surface area contributed by atoms with Crippen LogP contribution >= 0.6 is 12.2 Å². The van der Waals surface area contributed by atoms with Gasteiger partial charge in [0, 0.05) is 17.8 Å².